The molecule has 7 nitrogen and oxygen atoms in total. The lowest BCUT2D eigenvalue weighted by Crippen LogP contribution is -2.13. The van der Waals surface area contributed by atoms with Crippen LogP contribution in [-0.4, -0.2) is 81.6 Å². The largest absolute Gasteiger partial charge is 0.481 e. The van der Waals surface area contributed by atoms with Crippen LogP contribution in [0.2, 0.25) is 0 Å². The van der Waals surface area contributed by atoms with Crippen LogP contribution >= 0.6 is 22.6 Å². The fourth-order valence-electron chi connectivity index (χ4n) is 1.79. The van der Waals surface area contributed by atoms with Gasteiger partial charge in [0.1, 0.15) is 0 Å². The van der Waals surface area contributed by atoms with Gasteiger partial charge in [-0.05, 0) is 17.3 Å². The third-order valence-corrected chi connectivity index (χ3v) is 3.88. The fourth-order valence-corrected chi connectivity index (χ4v) is 2.33. The molecule has 0 aromatic rings. The normalized spacial score (nSPS) is 11.1. The van der Waals surface area contributed by atoms with E-state index < -0.39 is 5.97 Å². The van der Waals surface area contributed by atoms with Crippen molar-refractivity contribution in [1.29, 1.82) is 0 Å². The smallest absolute Gasteiger partial charge is 0.305 e. The molecular weight excluding hydrogens is 443 g/mol. The predicted molar refractivity (Wildman–Crippen MR) is 104 cm³/mol. The third-order valence-electron chi connectivity index (χ3n) is 3.12. The Balaban J connectivity index is 2.97. The van der Waals surface area contributed by atoms with Crippen LogP contribution in [0, 0.1) is 0 Å². The fraction of sp³-hybridized carbons (Fsp3) is 0.941. The number of alkyl halides is 1. The highest BCUT2D eigenvalue weighted by Gasteiger charge is 1.96. The first-order chi connectivity index (χ1) is 12.3. The molecule has 0 rings (SSSR count). The van der Waals surface area contributed by atoms with E-state index in [1.165, 1.54) is 23.7 Å². The molecule has 0 unspecified atom stereocenters. The van der Waals surface area contributed by atoms with Crippen LogP contribution in [0.5, 0.6) is 0 Å². The van der Waals surface area contributed by atoms with Crippen molar-refractivity contribution >= 4 is 28.6 Å². The van der Waals surface area contributed by atoms with Gasteiger partial charge in [0.25, 0.3) is 0 Å². The van der Waals surface area contributed by atoms with Gasteiger partial charge in [0.2, 0.25) is 0 Å². The molecule has 0 atom stereocenters. The number of ether oxygens (including phenoxy) is 5. The Morgan fingerprint density at radius 3 is 1.44 bits per heavy atom. The minimum Gasteiger partial charge on any atom is -0.481 e. The van der Waals surface area contributed by atoms with Crippen LogP contribution < -0.4 is 0 Å². The number of carbonyl (C=O) groups is 1. The maximum atomic E-state index is 10.2. The molecule has 0 bridgehead atoms. The average molecular weight is 476 g/mol. The number of carboxylic acids is 1. The summed E-state index contributed by atoms with van der Waals surface area (Å²) in [5.41, 5.74) is 0. The van der Waals surface area contributed by atoms with Crippen LogP contribution in [0.3, 0.4) is 0 Å². The van der Waals surface area contributed by atoms with Gasteiger partial charge >= 0.3 is 5.97 Å². The maximum Gasteiger partial charge on any atom is 0.305 e. The van der Waals surface area contributed by atoms with Gasteiger partial charge in [-0.15, -0.1) is 0 Å². The van der Waals surface area contributed by atoms with Gasteiger partial charge in [-0.25, -0.2) is 0 Å². The van der Waals surface area contributed by atoms with Crippen molar-refractivity contribution < 1.29 is 33.6 Å². The zero-order chi connectivity index (χ0) is 18.4. The zero-order valence-corrected chi connectivity index (χ0v) is 17.2. The number of rotatable bonds is 21. The molecule has 0 aliphatic rings. The van der Waals surface area contributed by atoms with Crippen LogP contribution in [0.1, 0.15) is 32.1 Å². The van der Waals surface area contributed by atoms with E-state index in [-0.39, 0.29) is 13.0 Å². The second kappa shape index (κ2) is 22.0. The molecule has 0 radical (unpaired) electrons. The monoisotopic (exact) mass is 476 g/mol. The van der Waals surface area contributed by atoms with Crippen LogP contribution in [0.4, 0.5) is 0 Å². The molecule has 8 heteroatoms. The summed E-state index contributed by atoms with van der Waals surface area (Å²) in [5, 5.41) is 8.42. The van der Waals surface area contributed by atoms with Gasteiger partial charge in [0.05, 0.1) is 65.9 Å². The molecule has 0 spiro atoms. The quantitative estimate of drug-likeness (QED) is 0.155. The Hall–Kier alpha value is -0.000000000000000222. The van der Waals surface area contributed by atoms with Gasteiger partial charge in [-0.3, -0.25) is 4.79 Å². The van der Waals surface area contributed by atoms with Crippen LogP contribution in [0.25, 0.3) is 0 Å². The van der Waals surface area contributed by atoms with E-state index in [4.69, 9.17) is 28.8 Å². The number of aliphatic carboxylic acids is 1. The van der Waals surface area contributed by atoms with Gasteiger partial charge in [0, 0.05) is 6.61 Å². The first kappa shape index (κ1) is 25.0. The number of carboxylic acid groups (broad SMARTS) is 1. The SMILES string of the molecule is O=C(O)CCOCCOCCOCCOCCOCCCCCCI. The van der Waals surface area contributed by atoms with E-state index in [1.807, 2.05) is 0 Å². The summed E-state index contributed by atoms with van der Waals surface area (Å²) in [5.74, 6) is -0.856. The van der Waals surface area contributed by atoms with Gasteiger partial charge in [-0.1, -0.05) is 35.4 Å². The molecule has 0 amide bonds. The van der Waals surface area contributed by atoms with Crippen molar-refractivity contribution in [2.24, 2.45) is 0 Å². The Morgan fingerprint density at radius 1 is 0.600 bits per heavy atom. The molecule has 25 heavy (non-hydrogen) atoms. The second-order valence-electron chi connectivity index (χ2n) is 5.31. The summed E-state index contributed by atoms with van der Waals surface area (Å²) >= 11 is 2.41. The summed E-state index contributed by atoms with van der Waals surface area (Å²) in [6.45, 7) is 5.19. The van der Waals surface area contributed by atoms with Gasteiger partial charge in [0.15, 0.2) is 0 Å². The Morgan fingerprint density at radius 2 is 1.00 bits per heavy atom. The highest BCUT2D eigenvalue weighted by molar-refractivity contribution is 14.1. The molecule has 0 heterocycles. The molecular formula is C17H33IO7. The molecule has 0 fully saturated rings. The number of hydrogen-bond acceptors (Lipinski definition) is 6. The molecule has 150 valence electrons. The standard InChI is InChI=1S/C17H33IO7/c18-6-3-1-2-4-7-21-9-11-23-13-15-25-16-14-24-12-10-22-8-5-17(19)20/h1-16H2,(H,19,20). The Labute approximate surface area is 164 Å². The van der Waals surface area contributed by atoms with Gasteiger partial charge < -0.3 is 28.8 Å². The average Bonchev–Trinajstić information content (AvgIpc) is 2.60. The lowest BCUT2D eigenvalue weighted by atomic mass is 10.2. The Bertz CT molecular complexity index is 280. The van der Waals surface area contributed by atoms with E-state index in [2.05, 4.69) is 22.6 Å². The highest BCUT2D eigenvalue weighted by Crippen LogP contribution is 2.02. The van der Waals surface area contributed by atoms with Crippen molar-refractivity contribution in [3.8, 4) is 0 Å². The van der Waals surface area contributed by atoms with E-state index in [1.54, 1.807) is 0 Å². The van der Waals surface area contributed by atoms with Crippen molar-refractivity contribution in [3.05, 3.63) is 0 Å². The lowest BCUT2D eigenvalue weighted by Gasteiger charge is -2.07. The minimum absolute atomic E-state index is 0.0207. The topological polar surface area (TPSA) is 83.5 Å². The summed E-state index contributed by atoms with van der Waals surface area (Å²) in [6.07, 6.45) is 4.99. The van der Waals surface area contributed by atoms with Crippen LogP contribution in [-0.2, 0) is 28.5 Å². The van der Waals surface area contributed by atoms with Crippen molar-refractivity contribution in [3.63, 3.8) is 0 Å². The van der Waals surface area contributed by atoms with Gasteiger partial charge in [-0.2, -0.15) is 0 Å². The molecule has 0 aliphatic heterocycles. The molecule has 0 aromatic heterocycles. The van der Waals surface area contributed by atoms with Crippen molar-refractivity contribution in [2.75, 3.05) is 70.5 Å². The molecule has 0 aliphatic carbocycles. The predicted octanol–water partition coefficient (Wildman–Crippen LogP) is 2.54. The third kappa shape index (κ3) is 24.0. The van der Waals surface area contributed by atoms with Crippen molar-refractivity contribution in [2.45, 2.75) is 32.1 Å². The van der Waals surface area contributed by atoms with E-state index >= 15 is 0 Å². The number of halogens is 1. The number of hydrogen-bond donors (Lipinski definition) is 1. The molecule has 0 saturated carbocycles. The molecule has 0 aromatic carbocycles. The van der Waals surface area contributed by atoms with Crippen LogP contribution in [0.15, 0.2) is 0 Å². The maximum absolute atomic E-state index is 10.2. The minimum atomic E-state index is -0.856. The lowest BCUT2D eigenvalue weighted by molar-refractivity contribution is -0.138. The summed E-state index contributed by atoms with van der Waals surface area (Å²) in [4.78, 5) is 10.2. The summed E-state index contributed by atoms with van der Waals surface area (Å²) in [7, 11) is 0. The molecule has 0 saturated heterocycles. The second-order valence-corrected chi connectivity index (χ2v) is 6.39. The molecule has 1 N–H and O–H groups in total. The van der Waals surface area contributed by atoms with E-state index in [9.17, 15) is 4.79 Å². The van der Waals surface area contributed by atoms with E-state index in [0.29, 0.717) is 52.9 Å². The van der Waals surface area contributed by atoms with Crippen molar-refractivity contribution in [1.82, 2.24) is 0 Å². The first-order valence-corrected chi connectivity index (χ1v) is 10.5. The van der Waals surface area contributed by atoms with E-state index in [0.717, 1.165) is 13.0 Å². The number of unbranched alkanes of at least 4 members (excludes halogenated alkanes) is 3. The Kier molecular flexibility index (Phi) is 22.0. The summed E-state index contributed by atoms with van der Waals surface area (Å²) in [6, 6.07) is 0. The first-order valence-electron chi connectivity index (χ1n) is 8.94. The zero-order valence-electron chi connectivity index (χ0n) is 15.1. The summed E-state index contributed by atoms with van der Waals surface area (Å²) < 4.78 is 27.9. The highest BCUT2D eigenvalue weighted by atomic mass is 127.